The van der Waals surface area contributed by atoms with Gasteiger partial charge in [0.25, 0.3) is 0 Å². The van der Waals surface area contributed by atoms with Gasteiger partial charge in [0.15, 0.2) is 11.0 Å². The summed E-state index contributed by atoms with van der Waals surface area (Å²) in [4.78, 5) is 21.7. The third kappa shape index (κ3) is 9.33. The molecule has 0 bridgehead atoms. The van der Waals surface area contributed by atoms with Gasteiger partial charge in [-0.3, -0.25) is 5.32 Å². The summed E-state index contributed by atoms with van der Waals surface area (Å²) in [7, 11) is 0. The van der Waals surface area contributed by atoms with Gasteiger partial charge in [-0.1, -0.05) is 84.9 Å². The van der Waals surface area contributed by atoms with Crippen LogP contribution in [0.25, 0.3) is 17.1 Å². The fourth-order valence-corrected chi connectivity index (χ4v) is 5.25. The molecule has 0 spiro atoms. The van der Waals surface area contributed by atoms with Gasteiger partial charge in [-0.25, -0.2) is 19.5 Å². The number of alkyl halides is 4. The van der Waals surface area contributed by atoms with Gasteiger partial charge >= 0.3 is 12.4 Å². The van der Waals surface area contributed by atoms with Crippen LogP contribution in [0.15, 0.2) is 78.0 Å². The van der Waals surface area contributed by atoms with E-state index in [1.54, 1.807) is 0 Å². The van der Waals surface area contributed by atoms with E-state index in [2.05, 4.69) is 67.4 Å². The van der Waals surface area contributed by atoms with Crippen LogP contribution in [0.1, 0.15) is 48.2 Å². The first kappa shape index (κ1) is 33.1. The van der Waals surface area contributed by atoms with E-state index in [4.69, 9.17) is 4.99 Å². The lowest BCUT2D eigenvalue weighted by molar-refractivity contribution is -0.274. The Morgan fingerprint density at radius 1 is 1.09 bits per heavy atom. The van der Waals surface area contributed by atoms with Crippen LogP contribution in [-0.2, 0) is 0 Å². The number of nitrogens with one attached hydrogen (secondary N) is 2. The van der Waals surface area contributed by atoms with Gasteiger partial charge in [-0.15, -0.1) is 18.3 Å². The van der Waals surface area contributed by atoms with Gasteiger partial charge in [-0.05, 0) is 65.6 Å². The highest BCUT2D eigenvalue weighted by atomic mass is 79.9. The lowest BCUT2D eigenvalue weighted by Gasteiger charge is -2.15. The number of thioether (sulfide) groups is 1. The summed E-state index contributed by atoms with van der Waals surface area (Å²) in [5.74, 6) is 1.19. The average molecular weight is 690 g/mol. The molecule has 0 aliphatic rings. The number of amides is 2. The second-order valence-corrected chi connectivity index (χ2v) is 12.4. The number of ether oxygens (including phenoxy) is 1. The zero-order valence-electron chi connectivity index (χ0n) is 24.5. The Labute approximate surface area is 266 Å². The van der Waals surface area contributed by atoms with E-state index < -0.39 is 6.36 Å². The Morgan fingerprint density at radius 2 is 1.80 bits per heavy atom. The first-order valence-electron chi connectivity index (χ1n) is 13.8. The Morgan fingerprint density at radius 3 is 2.43 bits per heavy atom. The van der Waals surface area contributed by atoms with Crippen LogP contribution in [0.4, 0.5) is 23.7 Å². The molecule has 4 aromatic rings. The van der Waals surface area contributed by atoms with Crippen molar-refractivity contribution in [3.05, 3.63) is 89.7 Å². The number of rotatable bonds is 9. The fourth-order valence-electron chi connectivity index (χ4n) is 4.18. The molecule has 4 rings (SSSR count). The van der Waals surface area contributed by atoms with Gasteiger partial charge in [0.2, 0.25) is 0 Å². The van der Waals surface area contributed by atoms with Crippen molar-refractivity contribution in [2.45, 2.75) is 44.8 Å². The van der Waals surface area contributed by atoms with Crippen molar-refractivity contribution in [2.75, 3.05) is 12.3 Å². The van der Waals surface area contributed by atoms with Crippen molar-refractivity contribution in [1.29, 1.82) is 0 Å². The van der Waals surface area contributed by atoms with Crippen LogP contribution in [0.3, 0.4) is 0 Å². The van der Waals surface area contributed by atoms with Crippen LogP contribution in [0.5, 0.6) is 5.75 Å². The van der Waals surface area contributed by atoms with Crippen LogP contribution < -0.4 is 15.4 Å². The first-order valence-corrected chi connectivity index (χ1v) is 15.7. The van der Waals surface area contributed by atoms with E-state index in [1.165, 1.54) is 47.0 Å². The number of carbonyl (C=O) groups excluding carboxylic acids is 1. The minimum atomic E-state index is -4.75. The SMILES string of the molecule is CCSC(=Nc1cc(C)ccc1C(C)C)NC(=O)NCC(Br)c1ccc(-c2ncn(-c3ccc(OC(F)(F)F)cc3)n2)cc1. The van der Waals surface area contributed by atoms with E-state index in [9.17, 15) is 18.0 Å². The lowest BCUT2D eigenvalue weighted by Crippen LogP contribution is -2.39. The van der Waals surface area contributed by atoms with Crippen molar-refractivity contribution in [2.24, 2.45) is 4.99 Å². The van der Waals surface area contributed by atoms with E-state index >= 15 is 0 Å². The number of aryl methyl sites for hydroxylation is 1. The highest BCUT2D eigenvalue weighted by Gasteiger charge is 2.31. The molecule has 1 atom stereocenters. The van der Waals surface area contributed by atoms with Gasteiger partial charge in [0.1, 0.15) is 12.1 Å². The van der Waals surface area contributed by atoms with Crippen LogP contribution in [0.2, 0.25) is 0 Å². The summed E-state index contributed by atoms with van der Waals surface area (Å²) in [6.45, 7) is 8.59. The summed E-state index contributed by atoms with van der Waals surface area (Å²) < 4.78 is 42.6. The number of aliphatic imine (C=N–C) groups is 1. The van der Waals surface area contributed by atoms with E-state index in [0.717, 1.165) is 33.7 Å². The largest absolute Gasteiger partial charge is 0.573 e. The third-order valence-corrected chi connectivity index (χ3v) is 7.94. The number of hydrogen-bond acceptors (Lipinski definition) is 6. The molecule has 0 fully saturated rings. The van der Waals surface area contributed by atoms with Crippen molar-refractivity contribution < 1.29 is 22.7 Å². The smallest absolute Gasteiger partial charge is 0.406 e. The highest BCUT2D eigenvalue weighted by molar-refractivity contribution is 9.09. The van der Waals surface area contributed by atoms with E-state index in [1.807, 2.05) is 44.2 Å². The van der Waals surface area contributed by atoms with Crippen molar-refractivity contribution in [1.82, 2.24) is 25.4 Å². The molecule has 0 aliphatic carbocycles. The standard InChI is InChI=1S/C31H32BrF3N6O2S/c1-5-44-30(38-27-16-20(4)6-15-25(27)19(2)3)39-29(42)36-17-26(32)21-7-9-22(10-8-21)28-37-18-41(40-28)23-11-13-24(14-12-23)43-31(33,34)35/h6-16,18-19,26H,5,17H2,1-4H3,(H2,36,38,39,42). The molecule has 0 saturated carbocycles. The second-order valence-electron chi connectivity index (χ2n) is 10.0. The molecule has 8 nitrogen and oxygen atoms in total. The molecule has 0 aliphatic heterocycles. The summed E-state index contributed by atoms with van der Waals surface area (Å²) in [5, 5.41) is 10.7. The number of hydrogen-bond donors (Lipinski definition) is 2. The monoisotopic (exact) mass is 688 g/mol. The maximum atomic E-state index is 12.8. The molecule has 13 heteroatoms. The zero-order chi connectivity index (χ0) is 31.9. The normalized spacial score (nSPS) is 12.7. The number of urea groups is 1. The molecule has 0 saturated heterocycles. The Hall–Kier alpha value is -3.84. The quantitative estimate of drug-likeness (QED) is 0.105. The molecule has 1 aromatic heterocycles. The molecule has 232 valence electrons. The topological polar surface area (TPSA) is 93.4 Å². The number of amidine groups is 1. The average Bonchev–Trinajstić information content (AvgIpc) is 3.46. The maximum Gasteiger partial charge on any atom is 0.573 e. The predicted octanol–water partition coefficient (Wildman–Crippen LogP) is 8.44. The Kier molecular flexibility index (Phi) is 11.1. The van der Waals surface area contributed by atoms with Crippen molar-refractivity contribution in [3.63, 3.8) is 0 Å². The van der Waals surface area contributed by atoms with Gasteiger partial charge < -0.3 is 10.1 Å². The van der Waals surface area contributed by atoms with Gasteiger partial charge in [0, 0.05) is 12.1 Å². The second kappa shape index (κ2) is 14.8. The number of nitrogens with zero attached hydrogens (tertiary/aromatic N) is 4. The summed E-state index contributed by atoms with van der Waals surface area (Å²) >= 11 is 5.11. The van der Waals surface area contributed by atoms with Crippen molar-refractivity contribution >= 4 is 44.6 Å². The number of carbonyl (C=O) groups is 1. The van der Waals surface area contributed by atoms with Gasteiger partial charge in [0.05, 0.1) is 16.2 Å². The summed E-state index contributed by atoms with van der Waals surface area (Å²) in [5.41, 5.74) is 5.29. The molecular formula is C31H32BrF3N6O2S. The number of benzene rings is 3. The Balaban J connectivity index is 1.35. The molecule has 1 heterocycles. The minimum Gasteiger partial charge on any atom is -0.406 e. The van der Waals surface area contributed by atoms with Crippen LogP contribution >= 0.6 is 27.7 Å². The van der Waals surface area contributed by atoms with Gasteiger partial charge in [-0.2, -0.15) is 0 Å². The van der Waals surface area contributed by atoms with Crippen LogP contribution in [0, 0.1) is 6.92 Å². The first-order chi connectivity index (χ1) is 20.9. The summed E-state index contributed by atoms with van der Waals surface area (Å²) in [6, 6.07) is 18.7. The molecule has 3 aromatic carbocycles. The molecule has 1 unspecified atom stereocenters. The number of halogens is 4. The number of aromatic nitrogens is 3. The maximum absolute atomic E-state index is 12.8. The third-order valence-electron chi connectivity index (χ3n) is 6.33. The Bertz CT molecular complexity index is 1590. The highest BCUT2D eigenvalue weighted by Crippen LogP contribution is 2.29. The molecular weight excluding hydrogens is 657 g/mol. The zero-order valence-corrected chi connectivity index (χ0v) is 26.9. The van der Waals surface area contributed by atoms with E-state index in [-0.39, 0.29) is 16.6 Å². The van der Waals surface area contributed by atoms with Crippen LogP contribution in [-0.4, -0.2) is 44.6 Å². The van der Waals surface area contributed by atoms with Crippen molar-refractivity contribution in [3.8, 4) is 22.8 Å². The lowest BCUT2D eigenvalue weighted by atomic mass is 10.00. The predicted molar refractivity (Wildman–Crippen MR) is 172 cm³/mol. The minimum absolute atomic E-state index is 0.159. The summed E-state index contributed by atoms with van der Waals surface area (Å²) in [6.07, 6.45) is -3.27. The fraction of sp³-hybridized carbons (Fsp3) is 0.290. The molecule has 0 radical (unpaired) electrons. The molecule has 44 heavy (non-hydrogen) atoms. The van der Waals surface area contributed by atoms with E-state index in [0.29, 0.717) is 29.1 Å². The molecule has 2 N–H and O–H groups in total. The molecule has 2 amide bonds.